The molecule has 2 bridgehead atoms. The van der Waals surface area contributed by atoms with Crippen LogP contribution in [-0.2, 0) is 9.53 Å². The van der Waals surface area contributed by atoms with E-state index >= 15 is 0 Å². The number of rotatable bonds is 0. The zero-order valence-electron chi connectivity index (χ0n) is 5.75. The van der Waals surface area contributed by atoms with Crippen LogP contribution in [0.1, 0.15) is 19.3 Å². The molecule has 3 saturated carbocycles. The summed E-state index contributed by atoms with van der Waals surface area (Å²) in [6.07, 6.45) is 4.00. The summed E-state index contributed by atoms with van der Waals surface area (Å²) >= 11 is 0. The van der Waals surface area contributed by atoms with Gasteiger partial charge in [0.25, 0.3) is 0 Å². The van der Waals surface area contributed by atoms with Crippen molar-refractivity contribution < 1.29 is 9.53 Å². The van der Waals surface area contributed by atoms with E-state index in [2.05, 4.69) is 0 Å². The molecule has 4 aliphatic rings. The summed E-state index contributed by atoms with van der Waals surface area (Å²) in [5.74, 6) is 1.37. The molecule has 0 spiro atoms. The third-order valence-corrected chi connectivity index (χ3v) is 3.15. The number of Topliss-reactive ketones (excluding diaryl/α,β-unsaturated/α-hetero) is 1. The number of fused-ring (bicyclic) bond motifs is 2. The number of ketones is 1. The van der Waals surface area contributed by atoms with Gasteiger partial charge in [-0.25, -0.2) is 0 Å². The number of hydrogen-bond acceptors (Lipinski definition) is 2. The van der Waals surface area contributed by atoms with E-state index in [1.165, 1.54) is 6.42 Å². The standard InChI is InChI=1S/C8H10O2/c9-6-3-4-1-2-5(6)8-7(4)10-8/h4-5,7-8H,1-3H2. The molecule has 1 heterocycles. The Labute approximate surface area is 59.6 Å². The highest BCUT2D eigenvalue weighted by molar-refractivity contribution is 5.84. The lowest BCUT2D eigenvalue weighted by Crippen LogP contribution is -2.37. The molecule has 0 aromatic rings. The van der Waals surface area contributed by atoms with Crippen molar-refractivity contribution in [1.29, 1.82) is 0 Å². The van der Waals surface area contributed by atoms with E-state index in [0.29, 0.717) is 29.8 Å². The Kier molecular flexibility index (Phi) is 0.768. The molecule has 4 unspecified atom stereocenters. The number of carbonyl (C=O) groups excluding carboxylic acids is 1. The van der Waals surface area contributed by atoms with Gasteiger partial charge in [0.2, 0.25) is 0 Å². The maximum atomic E-state index is 11.2. The minimum atomic E-state index is 0.301. The third kappa shape index (κ3) is 0.473. The number of epoxide rings is 1. The van der Waals surface area contributed by atoms with Crippen molar-refractivity contribution in [1.82, 2.24) is 0 Å². The van der Waals surface area contributed by atoms with E-state index in [1.54, 1.807) is 0 Å². The van der Waals surface area contributed by atoms with Gasteiger partial charge in [0.15, 0.2) is 0 Å². The summed E-state index contributed by atoms with van der Waals surface area (Å²) in [5.41, 5.74) is 0. The molecular weight excluding hydrogens is 128 g/mol. The first-order chi connectivity index (χ1) is 4.86. The van der Waals surface area contributed by atoms with Crippen LogP contribution in [0.5, 0.6) is 0 Å². The lowest BCUT2D eigenvalue weighted by atomic mass is 9.70. The second-order valence-corrected chi connectivity index (χ2v) is 3.68. The summed E-state index contributed by atoms with van der Waals surface area (Å²) in [7, 11) is 0. The Hall–Kier alpha value is -0.370. The molecule has 0 amide bonds. The summed E-state index contributed by atoms with van der Waals surface area (Å²) in [5, 5.41) is 0. The molecule has 0 N–H and O–H groups in total. The molecule has 4 fully saturated rings. The molecular formula is C8H10O2. The smallest absolute Gasteiger partial charge is 0.139 e. The molecule has 4 rings (SSSR count). The van der Waals surface area contributed by atoms with Gasteiger partial charge >= 0.3 is 0 Å². The molecule has 0 aromatic carbocycles. The fraction of sp³-hybridized carbons (Fsp3) is 0.875. The van der Waals surface area contributed by atoms with E-state index in [0.717, 1.165) is 12.8 Å². The van der Waals surface area contributed by atoms with Gasteiger partial charge in [-0.2, -0.15) is 0 Å². The van der Waals surface area contributed by atoms with E-state index < -0.39 is 0 Å². The molecule has 0 aromatic heterocycles. The number of hydrogen-bond donors (Lipinski definition) is 0. The minimum absolute atomic E-state index is 0.301. The van der Waals surface area contributed by atoms with Crippen LogP contribution >= 0.6 is 0 Å². The number of carbonyl (C=O) groups is 1. The van der Waals surface area contributed by atoms with Gasteiger partial charge in [-0.05, 0) is 18.8 Å². The highest BCUT2D eigenvalue weighted by atomic mass is 16.6. The zero-order valence-corrected chi connectivity index (χ0v) is 5.75. The maximum absolute atomic E-state index is 11.2. The van der Waals surface area contributed by atoms with Crippen LogP contribution in [0, 0.1) is 11.8 Å². The Morgan fingerprint density at radius 1 is 1.30 bits per heavy atom. The Balaban J connectivity index is 1.99. The van der Waals surface area contributed by atoms with Crippen molar-refractivity contribution in [3.63, 3.8) is 0 Å². The summed E-state index contributed by atoms with van der Waals surface area (Å²) in [6.45, 7) is 0. The monoisotopic (exact) mass is 138 g/mol. The van der Waals surface area contributed by atoms with Crippen LogP contribution in [0.4, 0.5) is 0 Å². The normalized spacial score (nSPS) is 56.6. The van der Waals surface area contributed by atoms with Crippen LogP contribution in [0.3, 0.4) is 0 Å². The molecule has 4 atom stereocenters. The SMILES string of the molecule is O=C1CC2CCC1C1OC21. The van der Waals surface area contributed by atoms with Gasteiger partial charge in [0, 0.05) is 12.3 Å². The van der Waals surface area contributed by atoms with E-state index in [-0.39, 0.29) is 0 Å². The Morgan fingerprint density at radius 2 is 2.20 bits per heavy atom. The maximum Gasteiger partial charge on any atom is 0.139 e. The predicted octanol–water partition coefficient (Wildman–Crippen LogP) is 0.753. The van der Waals surface area contributed by atoms with Gasteiger partial charge in [-0.1, -0.05) is 0 Å². The molecule has 10 heavy (non-hydrogen) atoms. The third-order valence-electron chi connectivity index (χ3n) is 3.15. The molecule has 2 nitrogen and oxygen atoms in total. The van der Waals surface area contributed by atoms with Gasteiger partial charge in [0.05, 0.1) is 12.2 Å². The first kappa shape index (κ1) is 5.30. The van der Waals surface area contributed by atoms with E-state index in [1.807, 2.05) is 0 Å². The fourth-order valence-electron chi connectivity index (χ4n) is 2.53. The molecule has 1 aliphatic heterocycles. The first-order valence-corrected chi connectivity index (χ1v) is 4.04. The topological polar surface area (TPSA) is 29.6 Å². The molecule has 2 heteroatoms. The second-order valence-electron chi connectivity index (χ2n) is 3.68. The van der Waals surface area contributed by atoms with Crippen molar-refractivity contribution in [2.45, 2.75) is 31.5 Å². The van der Waals surface area contributed by atoms with Gasteiger partial charge in [0.1, 0.15) is 5.78 Å². The molecule has 0 radical (unpaired) electrons. The Morgan fingerprint density at radius 3 is 2.80 bits per heavy atom. The Bertz CT molecular complexity index is 199. The number of ether oxygens (including phenoxy) is 1. The van der Waals surface area contributed by atoms with Gasteiger partial charge in [-0.15, -0.1) is 0 Å². The summed E-state index contributed by atoms with van der Waals surface area (Å²) < 4.78 is 5.41. The first-order valence-electron chi connectivity index (χ1n) is 4.04. The van der Waals surface area contributed by atoms with Crippen LogP contribution in [-0.4, -0.2) is 18.0 Å². The second kappa shape index (κ2) is 1.45. The van der Waals surface area contributed by atoms with Crippen LogP contribution in [0.25, 0.3) is 0 Å². The highest BCUT2D eigenvalue weighted by Crippen LogP contribution is 2.50. The van der Waals surface area contributed by atoms with E-state index in [9.17, 15) is 4.79 Å². The highest BCUT2D eigenvalue weighted by Gasteiger charge is 2.59. The van der Waals surface area contributed by atoms with Gasteiger partial charge in [-0.3, -0.25) is 4.79 Å². The average Bonchev–Trinajstić information content (AvgIpc) is 2.66. The lowest BCUT2D eigenvalue weighted by molar-refractivity contribution is -0.127. The summed E-state index contributed by atoms with van der Waals surface area (Å²) in [6, 6.07) is 0. The fourth-order valence-corrected chi connectivity index (χ4v) is 2.53. The van der Waals surface area contributed by atoms with Crippen LogP contribution in [0.15, 0.2) is 0 Å². The van der Waals surface area contributed by atoms with Crippen molar-refractivity contribution in [3.05, 3.63) is 0 Å². The van der Waals surface area contributed by atoms with Crippen molar-refractivity contribution >= 4 is 5.78 Å². The quantitative estimate of drug-likeness (QED) is 0.462. The molecule has 54 valence electrons. The minimum Gasteiger partial charge on any atom is -0.368 e. The zero-order chi connectivity index (χ0) is 6.72. The average molecular weight is 138 g/mol. The molecule has 1 saturated heterocycles. The predicted molar refractivity (Wildman–Crippen MR) is 34.5 cm³/mol. The van der Waals surface area contributed by atoms with Crippen molar-refractivity contribution in [2.24, 2.45) is 11.8 Å². The summed E-state index contributed by atoms with van der Waals surface area (Å²) in [4.78, 5) is 11.2. The lowest BCUT2D eigenvalue weighted by Gasteiger charge is -2.30. The van der Waals surface area contributed by atoms with E-state index in [4.69, 9.17) is 4.74 Å². The van der Waals surface area contributed by atoms with Gasteiger partial charge < -0.3 is 4.74 Å². The van der Waals surface area contributed by atoms with Crippen molar-refractivity contribution in [2.75, 3.05) is 0 Å². The van der Waals surface area contributed by atoms with Crippen molar-refractivity contribution in [3.8, 4) is 0 Å². The van der Waals surface area contributed by atoms with Crippen LogP contribution in [0.2, 0.25) is 0 Å². The largest absolute Gasteiger partial charge is 0.368 e. The van der Waals surface area contributed by atoms with Crippen LogP contribution < -0.4 is 0 Å². The molecule has 3 aliphatic carbocycles.